The maximum atomic E-state index is 10.6. The molecule has 0 fully saturated rings. The van der Waals surface area contributed by atoms with Crippen molar-refractivity contribution in [1.82, 2.24) is 0 Å². The normalized spacial score (nSPS) is 9.13. The van der Waals surface area contributed by atoms with Crippen LogP contribution in [0.2, 0.25) is 0 Å². The highest BCUT2D eigenvalue weighted by Crippen LogP contribution is 2.24. The largest absolute Gasteiger partial charge is 0.496 e. The van der Waals surface area contributed by atoms with Gasteiger partial charge in [0.1, 0.15) is 5.75 Å². The van der Waals surface area contributed by atoms with Crippen LogP contribution in [-0.4, -0.2) is 23.3 Å². The Morgan fingerprint density at radius 2 is 2.40 bits per heavy atom. The van der Waals surface area contributed by atoms with Crippen LogP contribution < -0.4 is 4.74 Å². The van der Waals surface area contributed by atoms with E-state index in [4.69, 9.17) is 9.84 Å². The van der Waals surface area contributed by atoms with Crippen molar-refractivity contribution in [3.8, 4) is 5.75 Å². The number of hydrogen-bond acceptors (Lipinski definition) is 4. The van der Waals surface area contributed by atoms with Gasteiger partial charge in [-0.3, -0.25) is 4.79 Å². The van der Waals surface area contributed by atoms with Crippen LogP contribution in [-0.2, 0) is 11.2 Å². The Bertz CT molecular complexity index is 425. The van der Waals surface area contributed by atoms with Crippen LogP contribution in [0.4, 0.5) is 5.69 Å². The molecule has 1 aromatic carbocycles. The van der Waals surface area contributed by atoms with Crippen LogP contribution in [0.5, 0.6) is 5.75 Å². The molecule has 0 radical (unpaired) electrons. The molecule has 0 saturated heterocycles. The molecule has 1 N–H and O–H groups in total. The molecule has 0 heterocycles. The van der Waals surface area contributed by atoms with Crippen molar-refractivity contribution in [2.45, 2.75) is 6.42 Å². The van der Waals surface area contributed by atoms with E-state index < -0.39 is 5.97 Å². The first-order chi connectivity index (χ1) is 7.17. The lowest BCUT2D eigenvalue weighted by Gasteiger charge is -2.06. The first kappa shape index (κ1) is 11.4. The van der Waals surface area contributed by atoms with E-state index in [9.17, 15) is 4.79 Å². The fourth-order valence-electron chi connectivity index (χ4n) is 1.19. The molecule has 0 amide bonds. The molecule has 0 aromatic heterocycles. The van der Waals surface area contributed by atoms with E-state index >= 15 is 0 Å². The maximum Gasteiger partial charge on any atom is 0.307 e. The SMILES string of the molecule is COc1ccc(N=C=S)cc1CC(=O)O. The summed E-state index contributed by atoms with van der Waals surface area (Å²) < 4.78 is 5.03. The third-order valence-electron chi connectivity index (χ3n) is 1.78. The molecule has 78 valence electrons. The molecule has 1 rings (SSSR count). The maximum absolute atomic E-state index is 10.6. The summed E-state index contributed by atoms with van der Waals surface area (Å²) in [5.74, 6) is -0.391. The average molecular weight is 223 g/mol. The molecular formula is C10H9NO3S. The third kappa shape index (κ3) is 3.16. The van der Waals surface area contributed by atoms with E-state index in [-0.39, 0.29) is 6.42 Å². The van der Waals surface area contributed by atoms with Crippen molar-refractivity contribution < 1.29 is 14.6 Å². The second-order valence-electron chi connectivity index (χ2n) is 2.77. The minimum Gasteiger partial charge on any atom is -0.496 e. The number of aliphatic imine (C=N–C) groups is 1. The van der Waals surface area contributed by atoms with Crippen LogP contribution in [0.1, 0.15) is 5.56 Å². The number of thiocarbonyl (C=S) groups is 1. The van der Waals surface area contributed by atoms with Gasteiger partial charge in [0, 0.05) is 5.56 Å². The van der Waals surface area contributed by atoms with Crippen LogP contribution in [0.3, 0.4) is 0 Å². The number of methoxy groups -OCH3 is 1. The second kappa shape index (κ2) is 5.24. The summed E-state index contributed by atoms with van der Waals surface area (Å²) in [5.41, 5.74) is 1.14. The molecule has 0 aliphatic rings. The van der Waals surface area contributed by atoms with E-state index in [1.165, 1.54) is 7.11 Å². The van der Waals surface area contributed by atoms with Gasteiger partial charge in [0.2, 0.25) is 0 Å². The second-order valence-corrected chi connectivity index (χ2v) is 2.95. The van der Waals surface area contributed by atoms with Crippen molar-refractivity contribution in [3.05, 3.63) is 23.8 Å². The van der Waals surface area contributed by atoms with Gasteiger partial charge in [0.15, 0.2) is 0 Å². The Hall–Kier alpha value is -1.71. The Balaban J connectivity index is 3.12. The number of hydrogen-bond donors (Lipinski definition) is 1. The van der Waals surface area contributed by atoms with Gasteiger partial charge in [-0.15, -0.1) is 0 Å². The molecule has 0 spiro atoms. The highest BCUT2D eigenvalue weighted by Gasteiger charge is 2.08. The quantitative estimate of drug-likeness (QED) is 0.627. The molecule has 5 heteroatoms. The number of isothiocyanates is 1. The van der Waals surface area contributed by atoms with E-state index in [0.29, 0.717) is 17.0 Å². The molecule has 0 bridgehead atoms. The summed E-state index contributed by atoms with van der Waals surface area (Å²) in [6.45, 7) is 0. The molecule has 0 aliphatic heterocycles. The summed E-state index contributed by atoms with van der Waals surface area (Å²) in [4.78, 5) is 14.4. The summed E-state index contributed by atoms with van der Waals surface area (Å²) in [6, 6.07) is 4.96. The molecule has 0 unspecified atom stereocenters. The summed E-state index contributed by atoms with van der Waals surface area (Å²) in [6.07, 6.45) is -0.107. The number of ether oxygens (including phenoxy) is 1. The average Bonchev–Trinajstić information content (AvgIpc) is 2.18. The van der Waals surface area contributed by atoms with Crippen LogP contribution in [0.25, 0.3) is 0 Å². The monoisotopic (exact) mass is 223 g/mol. The van der Waals surface area contributed by atoms with Crippen molar-refractivity contribution in [2.75, 3.05) is 7.11 Å². The van der Waals surface area contributed by atoms with Gasteiger partial charge in [0.25, 0.3) is 0 Å². The van der Waals surface area contributed by atoms with Crippen molar-refractivity contribution in [1.29, 1.82) is 0 Å². The zero-order valence-corrected chi connectivity index (χ0v) is 8.87. The highest BCUT2D eigenvalue weighted by molar-refractivity contribution is 7.78. The molecule has 0 saturated carbocycles. The van der Waals surface area contributed by atoms with E-state index in [0.717, 1.165) is 0 Å². The smallest absolute Gasteiger partial charge is 0.307 e. The van der Waals surface area contributed by atoms with Gasteiger partial charge in [-0.2, -0.15) is 4.99 Å². The fraction of sp³-hybridized carbons (Fsp3) is 0.200. The Morgan fingerprint density at radius 1 is 1.67 bits per heavy atom. The van der Waals surface area contributed by atoms with Crippen LogP contribution in [0, 0.1) is 0 Å². The summed E-state index contributed by atoms with van der Waals surface area (Å²) in [7, 11) is 1.49. The van der Waals surface area contributed by atoms with Gasteiger partial charge in [-0.05, 0) is 30.4 Å². The fourth-order valence-corrected chi connectivity index (χ4v) is 1.29. The number of benzene rings is 1. The number of carbonyl (C=O) groups is 1. The van der Waals surface area contributed by atoms with E-state index in [1.54, 1.807) is 18.2 Å². The van der Waals surface area contributed by atoms with E-state index in [1.807, 2.05) is 0 Å². The van der Waals surface area contributed by atoms with Crippen molar-refractivity contribution in [2.24, 2.45) is 4.99 Å². The van der Waals surface area contributed by atoms with Crippen molar-refractivity contribution in [3.63, 3.8) is 0 Å². The lowest BCUT2D eigenvalue weighted by atomic mass is 10.1. The summed E-state index contributed by atoms with van der Waals surface area (Å²) >= 11 is 4.46. The predicted octanol–water partition coefficient (Wildman–Crippen LogP) is 2.06. The molecule has 0 aliphatic carbocycles. The van der Waals surface area contributed by atoms with Gasteiger partial charge >= 0.3 is 5.97 Å². The predicted molar refractivity (Wildman–Crippen MR) is 59.0 cm³/mol. The first-order valence-corrected chi connectivity index (χ1v) is 4.54. The summed E-state index contributed by atoms with van der Waals surface area (Å²) in [5, 5.41) is 10.9. The number of carboxylic acids is 1. The highest BCUT2D eigenvalue weighted by atomic mass is 32.1. The Morgan fingerprint density at radius 3 is 2.93 bits per heavy atom. The molecule has 4 nitrogen and oxygen atoms in total. The Labute approximate surface area is 92.2 Å². The number of aliphatic carboxylic acids is 1. The molecule has 15 heavy (non-hydrogen) atoms. The molecule has 0 atom stereocenters. The first-order valence-electron chi connectivity index (χ1n) is 4.14. The Kier molecular flexibility index (Phi) is 3.97. The minimum atomic E-state index is -0.920. The zero-order valence-electron chi connectivity index (χ0n) is 8.06. The van der Waals surface area contributed by atoms with Gasteiger partial charge in [0.05, 0.1) is 24.4 Å². The third-order valence-corrected chi connectivity index (χ3v) is 1.87. The number of rotatable bonds is 4. The standard InChI is InChI=1S/C10H9NO3S/c1-14-9-3-2-8(11-6-15)4-7(9)5-10(12)13/h2-4H,5H2,1H3,(H,12,13). The number of carboxylic acid groups (broad SMARTS) is 1. The van der Waals surface area contributed by atoms with Gasteiger partial charge < -0.3 is 9.84 Å². The zero-order chi connectivity index (χ0) is 11.3. The minimum absolute atomic E-state index is 0.107. The van der Waals surface area contributed by atoms with Crippen LogP contribution in [0.15, 0.2) is 23.2 Å². The van der Waals surface area contributed by atoms with E-state index in [2.05, 4.69) is 22.4 Å². The lowest BCUT2D eigenvalue weighted by Crippen LogP contribution is -2.02. The molecule has 1 aromatic rings. The van der Waals surface area contributed by atoms with Gasteiger partial charge in [-0.1, -0.05) is 0 Å². The van der Waals surface area contributed by atoms with Crippen molar-refractivity contribution >= 4 is 29.0 Å². The van der Waals surface area contributed by atoms with Gasteiger partial charge in [-0.25, -0.2) is 0 Å². The lowest BCUT2D eigenvalue weighted by molar-refractivity contribution is -0.136. The topological polar surface area (TPSA) is 58.9 Å². The molecular weight excluding hydrogens is 214 g/mol. The number of nitrogens with zero attached hydrogens (tertiary/aromatic N) is 1. The van der Waals surface area contributed by atoms with Crippen LogP contribution >= 0.6 is 12.2 Å².